The highest BCUT2D eigenvalue weighted by atomic mass is 32.2. The molecule has 0 radical (unpaired) electrons. The van der Waals surface area contributed by atoms with Crippen LogP contribution >= 0.6 is 0 Å². The van der Waals surface area contributed by atoms with E-state index in [1.54, 1.807) is 17.1 Å². The van der Waals surface area contributed by atoms with Gasteiger partial charge < -0.3 is 0 Å². The van der Waals surface area contributed by atoms with E-state index in [2.05, 4.69) is 15.0 Å². The number of hydrogen-bond donors (Lipinski definition) is 0. The Morgan fingerprint density at radius 3 is 2.87 bits per heavy atom. The SMILES string of the molecule is CCn1cc(C2CS(=O)(=O)CCN2Cc2cncc(F)c2)cn1. The zero-order valence-corrected chi connectivity index (χ0v) is 13.7. The predicted octanol–water partition coefficient (Wildman–Crippen LogP) is 1.41. The molecule has 8 heteroatoms. The van der Waals surface area contributed by atoms with Crippen molar-refractivity contribution in [2.24, 2.45) is 0 Å². The molecule has 1 aliphatic rings. The zero-order chi connectivity index (χ0) is 16.4. The average molecular weight is 338 g/mol. The Kier molecular flexibility index (Phi) is 4.45. The summed E-state index contributed by atoms with van der Waals surface area (Å²) in [5, 5.41) is 4.24. The number of sulfone groups is 1. The van der Waals surface area contributed by atoms with Gasteiger partial charge in [0.25, 0.3) is 0 Å². The number of rotatable bonds is 4. The number of pyridine rings is 1. The lowest BCUT2D eigenvalue weighted by Gasteiger charge is -2.34. The first-order valence-corrected chi connectivity index (χ1v) is 9.35. The van der Waals surface area contributed by atoms with Crippen LogP contribution in [0, 0.1) is 5.82 Å². The maximum absolute atomic E-state index is 13.3. The van der Waals surface area contributed by atoms with Crippen LogP contribution in [0.25, 0.3) is 0 Å². The molecule has 124 valence electrons. The molecule has 0 spiro atoms. The molecule has 1 fully saturated rings. The first kappa shape index (κ1) is 16.1. The number of halogens is 1. The van der Waals surface area contributed by atoms with Crippen molar-refractivity contribution in [1.82, 2.24) is 19.7 Å². The fraction of sp³-hybridized carbons (Fsp3) is 0.467. The third-order valence-electron chi connectivity index (χ3n) is 4.05. The maximum Gasteiger partial charge on any atom is 0.153 e. The summed E-state index contributed by atoms with van der Waals surface area (Å²) in [5.74, 6) is -0.207. The van der Waals surface area contributed by atoms with Gasteiger partial charge in [-0.25, -0.2) is 12.8 Å². The van der Waals surface area contributed by atoms with E-state index in [9.17, 15) is 12.8 Å². The van der Waals surface area contributed by atoms with Crippen LogP contribution in [0.4, 0.5) is 4.39 Å². The Balaban J connectivity index is 1.87. The summed E-state index contributed by atoms with van der Waals surface area (Å²) in [7, 11) is -3.08. The molecular weight excluding hydrogens is 319 g/mol. The predicted molar refractivity (Wildman–Crippen MR) is 83.9 cm³/mol. The van der Waals surface area contributed by atoms with Crippen molar-refractivity contribution in [3.63, 3.8) is 0 Å². The van der Waals surface area contributed by atoms with Crippen molar-refractivity contribution < 1.29 is 12.8 Å². The molecule has 1 atom stereocenters. The smallest absolute Gasteiger partial charge is 0.153 e. The Labute approximate surface area is 134 Å². The molecule has 6 nitrogen and oxygen atoms in total. The molecule has 0 saturated carbocycles. The third-order valence-corrected chi connectivity index (χ3v) is 5.68. The summed E-state index contributed by atoms with van der Waals surface area (Å²) < 4.78 is 39.2. The van der Waals surface area contributed by atoms with E-state index < -0.39 is 9.84 Å². The summed E-state index contributed by atoms with van der Waals surface area (Å²) in [5.41, 5.74) is 1.61. The molecule has 0 bridgehead atoms. The van der Waals surface area contributed by atoms with Gasteiger partial charge in [-0.15, -0.1) is 0 Å². The highest BCUT2D eigenvalue weighted by Gasteiger charge is 2.33. The van der Waals surface area contributed by atoms with E-state index in [0.29, 0.717) is 13.1 Å². The lowest BCUT2D eigenvalue weighted by molar-refractivity contribution is 0.206. The second-order valence-corrected chi connectivity index (χ2v) is 7.97. The molecule has 0 aromatic carbocycles. The van der Waals surface area contributed by atoms with E-state index in [4.69, 9.17) is 0 Å². The fourth-order valence-corrected chi connectivity index (χ4v) is 4.40. The molecule has 1 aliphatic heterocycles. The van der Waals surface area contributed by atoms with Crippen LogP contribution in [-0.4, -0.2) is 46.1 Å². The Hall–Kier alpha value is -1.80. The Morgan fingerprint density at radius 2 is 2.17 bits per heavy atom. The first-order chi connectivity index (χ1) is 11.0. The topological polar surface area (TPSA) is 68.1 Å². The molecule has 0 aliphatic carbocycles. The Bertz CT molecular complexity index is 790. The number of aryl methyl sites for hydroxylation is 1. The van der Waals surface area contributed by atoms with Gasteiger partial charge in [0.15, 0.2) is 9.84 Å². The minimum absolute atomic E-state index is 0.0607. The second kappa shape index (κ2) is 6.37. The highest BCUT2D eigenvalue weighted by Crippen LogP contribution is 2.28. The van der Waals surface area contributed by atoms with Crippen molar-refractivity contribution in [3.8, 4) is 0 Å². The molecule has 3 heterocycles. The summed E-state index contributed by atoms with van der Waals surface area (Å²) in [6, 6.07) is 1.17. The molecule has 1 unspecified atom stereocenters. The van der Waals surface area contributed by atoms with E-state index in [0.717, 1.165) is 23.9 Å². The van der Waals surface area contributed by atoms with Gasteiger partial charge in [0.2, 0.25) is 0 Å². The fourth-order valence-electron chi connectivity index (χ4n) is 2.84. The lowest BCUT2D eigenvalue weighted by Crippen LogP contribution is -2.42. The highest BCUT2D eigenvalue weighted by molar-refractivity contribution is 7.91. The van der Waals surface area contributed by atoms with Crippen LogP contribution in [0.1, 0.15) is 24.1 Å². The summed E-state index contributed by atoms with van der Waals surface area (Å²) in [6.07, 6.45) is 6.36. The number of nitrogens with zero attached hydrogens (tertiary/aromatic N) is 4. The van der Waals surface area contributed by atoms with Gasteiger partial charge in [-0.3, -0.25) is 14.6 Å². The van der Waals surface area contributed by atoms with E-state index in [-0.39, 0.29) is 23.4 Å². The molecule has 2 aromatic heterocycles. The number of aromatic nitrogens is 3. The van der Waals surface area contributed by atoms with E-state index in [1.807, 2.05) is 13.1 Å². The van der Waals surface area contributed by atoms with Gasteiger partial charge in [-0.05, 0) is 18.6 Å². The van der Waals surface area contributed by atoms with Crippen molar-refractivity contribution in [2.45, 2.75) is 26.1 Å². The van der Waals surface area contributed by atoms with Gasteiger partial charge in [0.05, 0.1) is 29.9 Å². The van der Waals surface area contributed by atoms with Crippen molar-refractivity contribution in [3.05, 3.63) is 47.8 Å². The molecule has 23 heavy (non-hydrogen) atoms. The van der Waals surface area contributed by atoms with Gasteiger partial charge in [-0.1, -0.05) is 0 Å². The van der Waals surface area contributed by atoms with Crippen molar-refractivity contribution in [1.29, 1.82) is 0 Å². The van der Waals surface area contributed by atoms with E-state index >= 15 is 0 Å². The van der Waals surface area contributed by atoms with Crippen LogP contribution in [0.15, 0.2) is 30.9 Å². The van der Waals surface area contributed by atoms with Crippen LogP contribution in [0.5, 0.6) is 0 Å². The van der Waals surface area contributed by atoms with Crippen molar-refractivity contribution >= 4 is 9.84 Å². The lowest BCUT2D eigenvalue weighted by atomic mass is 10.1. The van der Waals surface area contributed by atoms with E-state index in [1.165, 1.54) is 6.07 Å². The normalized spacial score (nSPS) is 21.4. The van der Waals surface area contributed by atoms with Crippen LogP contribution in [0.3, 0.4) is 0 Å². The van der Waals surface area contributed by atoms with Gasteiger partial charge in [0, 0.05) is 37.6 Å². The van der Waals surface area contributed by atoms with Crippen LogP contribution < -0.4 is 0 Å². The largest absolute Gasteiger partial charge is 0.290 e. The molecule has 0 N–H and O–H groups in total. The van der Waals surface area contributed by atoms with Gasteiger partial charge in [0.1, 0.15) is 5.82 Å². The average Bonchev–Trinajstić information content (AvgIpc) is 2.98. The quantitative estimate of drug-likeness (QED) is 0.843. The standard InChI is InChI=1S/C15H19FN4O2S/c1-2-20-10-13(7-18-20)15-11-23(21,22)4-3-19(15)9-12-5-14(16)8-17-6-12/h5-8,10,15H,2-4,9,11H2,1H3. The second-order valence-electron chi connectivity index (χ2n) is 5.74. The molecular formula is C15H19FN4O2S. The summed E-state index contributed by atoms with van der Waals surface area (Å²) in [6.45, 7) is 3.58. The summed E-state index contributed by atoms with van der Waals surface area (Å²) in [4.78, 5) is 5.91. The first-order valence-electron chi connectivity index (χ1n) is 7.53. The maximum atomic E-state index is 13.3. The zero-order valence-electron chi connectivity index (χ0n) is 12.9. The Morgan fingerprint density at radius 1 is 1.35 bits per heavy atom. The minimum Gasteiger partial charge on any atom is -0.290 e. The van der Waals surface area contributed by atoms with Gasteiger partial charge in [-0.2, -0.15) is 5.10 Å². The minimum atomic E-state index is -3.08. The third kappa shape index (κ3) is 3.76. The molecule has 3 rings (SSSR count). The summed E-state index contributed by atoms with van der Waals surface area (Å²) >= 11 is 0. The van der Waals surface area contributed by atoms with Crippen LogP contribution in [-0.2, 0) is 22.9 Å². The van der Waals surface area contributed by atoms with Gasteiger partial charge >= 0.3 is 0 Å². The molecule has 0 amide bonds. The number of hydrogen-bond acceptors (Lipinski definition) is 5. The monoisotopic (exact) mass is 338 g/mol. The molecule has 2 aromatic rings. The van der Waals surface area contributed by atoms with Crippen molar-refractivity contribution in [2.75, 3.05) is 18.1 Å². The van der Waals surface area contributed by atoms with Crippen LogP contribution in [0.2, 0.25) is 0 Å². The molecule has 1 saturated heterocycles.